The molecule has 2 heteroatoms. The molecule has 1 aromatic carbocycles. The van der Waals surface area contributed by atoms with Crippen LogP contribution in [0.3, 0.4) is 0 Å². The quantitative estimate of drug-likeness (QED) is 0.815. The van der Waals surface area contributed by atoms with Gasteiger partial charge < -0.3 is 9.80 Å². The van der Waals surface area contributed by atoms with Crippen LogP contribution in [0.1, 0.15) is 25.0 Å². The number of aryl methyl sites for hydroxylation is 1. The zero-order valence-corrected chi connectivity index (χ0v) is 12.2. The van der Waals surface area contributed by atoms with Gasteiger partial charge in [-0.1, -0.05) is 38.3 Å². The van der Waals surface area contributed by atoms with Crippen LogP contribution in [0.25, 0.3) is 5.70 Å². The van der Waals surface area contributed by atoms with Gasteiger partial charge in [0.1, 0.15) is 0 Å². The van der Waals surface area contributed by atoms with Crippen LogP contribution in [0.4, 0.5) is 0 Å². The number of nitrogens with zero attached hydrogens (tertiary/aromatic N) is 2. The molecule has 1 fully saturated rings. The van der Waals surface area contributed by atoms with Gasteiger partial charge in [0.05, 0.1) is 0 Å². The molecule has 0 atom stereocenters. The lowest BCUT2D eigenvalue weighted by Crippen LogP contribution is -2.44. The summed E-state index contributed by atoms with van der Waals surface area (Å²) in [6, 6.07) is 8.72. The molecule has 0 spiro atoms. The van der Waals surface area contributed by atoms with Gasteiger partial charge in [-0.05, 0) is 30.5 Å². The van der Waals surface area contributed by atoms with Gasteiger partial charge in [0.2, 0.25) is 0 Å². The summed E-state index contributed by atoms with van der Waals surface area (Å²) in [5.74, 6) is 0. The molecule has 0 amide bonds. The molecular weight excluding hydrogens is 232 g/mol. The second-order valence-electron chi connectivity index (χ2n) is 5.21. The molecule has 0 saturated carbocycles. The van der Waals surface area contributed by atoms with E-state index in [0.717, 1.165) is 38.3 Å². The average molecular weight is 256 g/mol. The highest BCUT2D eigenvalue weighted by Crippen LogP contribution is 2.21. The van der Waals surface area contributed by atoms with Crippen molar-refractivity contribution in [3.8, 4) is 0 Å². The first-order chi connectivity index (χ1) is 9.11. The third-order valence-electron chi connectivity index (χ3n) is 3.87. The Balaban J connectivity index is 2.02. The molecule has 1 aliphatic heterocycles. The van der Waals surface area contributed by atoms with Crippen molar-refractivity contribution in [2.24, 2.45) is 0 Å². The number of benzene rings is 1. The van der Waals surface area contributed by atoms with E-state index in [1.165, 1.54) is 16.8 Å². The smallest absolute Gasteiger partial charge is 0.0368 e. The van der Waals surface area contributed by atoms with Crippen molar-refractivity contribution in [3.05, 3.63) is 54.2 Å². The maximum absolute atomic E-state index is 4.28. The van der Waals surface area contributed by atoms with Crippen molar-refractivity contribution in [3.63, 3.8) is 0 Å². The summed E-state index contributed by atoms with van der Waals surface area (Å²) < 4.78 is 0. The Morgan fingerprint density at radius 1 is 1.11 bits per heavy atom. The number of hydrogen-bond acceptors (Lipinski definition) is 2. The second kappa shape index (κ2) is 5.96. The van der Waals surface area contributed by atoms with Gasteiger partial charge in [-0.25, -0.2) is 0 Å². The number of rotatable bonds is 4. The van der Waals surface area contributed by atoms with Gasteiger partial charge in [0, 0.05) is 37.6 Å². The molecule has 0 aliphatic carbocycles. The minimum Gasteiger partial charge on any atom is -0.372 e. The van der Waals surface area contributed by atoms with E-state index < -0.39 is 0 Å². The predicted octanol–water partition coefficient (Wildman–Crippen LogP) is 3.37. The highest BCUT2D eigenvalue weighted by Gasteiger charge is 2.18. The standard InChI is InChI=1S/C17H24N2/c1-5-16-7-6-8-17(13-16)15(4)19-11-9-18(10-12-19)14(2)3/h6-8,13H,2,4-5,9-12H2,1,3H3. The first-order valence-electron chi connectivity index (χ1n) is 7.05. The molecule has 0 unspecified atom stereocenters. The minimum absolute atomic E-state index is 1.03. The predicted molar refractivity (Wildman–Crippen MR) is 82.8 cm³/mol. The summed E-state index contributed by atoms with van der Waals surface area (Å²) in [4.78, 5) is 4.72. The molecule has 1 heterocycles. The molecule has 2 nitrogen and oxygen atoms in total. The topological polar surface area (TPSA) is 6.48 Å². The van der Waals surface area contributed by atoms with Crippen LogP contribution >= 0.6 is 0 Å². The van der Waals surface area contributed by atoms with Gasteiger partial charge in [-0.2, -0.15) is 0 Å². The molecular formula is C17H24N2. The first-order valence-corrected chi connectivity index (χ1v) is 7.05. The summed E-state index contributed by atoms with van der Waals surface area (Å²) in [7, 11) is 0. The normalized spacial score (nSPS) is 15.5. The van der Waals surface area contributed by atoms with Gasteiger partial charge in [0.25, 0.3) is 0 Å². The molecule has 0 bridgehead atoms. The van der Waals surface area contributed by atoms with Gasteiger partial charge in [0.15, 0.2) is 0 Å². The van der Waals surface area contributed by atoms with Gasteiger partial charge >= 0.3 is 0 Å². The Bertz CT molecular complexity index is 468. The molecule has 0 radical (unpaired) electrons. The number of piperazine rings is 1. The Kier molecular flexibility index (Phi) is 4.31. The van der Waals surface area contributed by atoms with Gasteiger partial charge in [-0.3, -0.25) is 0 Å². The summed E-state index contributed by atoms with van der Waals surface area (Å²) in [5.41, 5.74) is 4.94. The van der Waals surface area contributed by atoms with Crippen LogP contribution in [-0.2, 0) is 6.42 Å². The minimum atomic E-state index is 1.03. The van der Waals surface area contributed by atoms with E-state index in [9.17, 15) is 0 Å². The summed E-state index contributed by atoms with van der Waals surface area (Å²) in [6.07, 6.45) is 1.07. The van der Waals surface area contributed by atoms with Crippen molar-refractivity contribution in [2.45, 2.75) is 20.3 Å². The molecule has 1 aliphatic rings. The fourth-order valence-electron chi connectivity index (χ4n) is 2.51. The van der Waals surface area contributed by atoms with Crippen molar-refractivity contribution in [1.29, 1.82) is 0 Å². The molecule has 0 N–H and O–H groups in total. The van der Waals surface area contributed by atoms with Crippen LogP contribution in [0.5, 0.6) is 0 Å². The maximum Gasteiger partial charge on any atom is 0.0368 e. The van der Waals surface area contributed by atoms with Crippen LogP contribution in [0.2, 0.25) is 0 Å². The van der Waals surface area contributed by atoms with Crippen LogP contribution in [0.15, 0.2) is 43.1 Å². The fraction of sp³-hybridized carbons (Fsp3) is 0.412. The largest absolute Gasteiger partial charge is 0.372 e. The molecule has 0 aromatic heterocycles. The molecule has 102 valence electrons. The van der Waals surface area contributed by atoms with E-state index in [0.29, 0.717) is 0 Å². The lowest BCUT2D eigenvalue weighted by molar-refractivity contribution is 0.215. The van der Waals surface area contributed by atoms with Gasteiger partial charge in [-0.15, -0.1) is 0 Å². The average Bonchev–Trinajstić information content (AvgIpc) is 2.46. The van der Waals surface area contributed by atoms with E-state index in [4.69, 9.17) is 0 Å². The maximum atomic E-state index is 4.28. The zero-order valence-electron chi connectivity index (χ0n) is 12.2. The van der Waals surface area contributed by atoms with Crippen LogP contribution < -0.4 is 0 Å². The number of hydrogen-bond donors (Lipinski definition) is 0. The third kappa shape index (κ3) is 3.19. The molecule has 1 aromatic rings. The van der Waals surface area contributed by atoms with E-state index >= 15 is 0 Å². The van der Waals surface area contributed by atoms with Crippen molar-refractivity contribution < 1.29 is 0 Å². The monoisotopic (exact) mass is 256 g/mol. The summed E-state index contributed by atoms with van der Waals surface area (Å²) in [5, 5.41) is 0. The van der Waals surface area contributed by atoms with Crippen LogP contribution in [0, 0.1) is 0 Å². The van der Waals surface area contributed by atoms with E-state index in [-0.39, 0.29) is 0 Å². The molecule has 19 heavy (non-hydrogen) atoms. The Labute approximate surface area is 117 Å². The Morgan fingerprint density at radius 3 is 2.32 bits per heavy atom. The van der Waals surface area contributed by atoms with Crippen molar-refractivity contribution >= 4 is 5.70 Å². The van der Waals surface area contributed by atoms with Crippen LogP contribution in [-0.4, -0.2) is 36.0 Å². The first kappa shape index (κ1) is 13.7. The van der Waals surface area contributed by atoms with Crippen molar-refractivity contribution in [1.82, 2.24) is 9.80 Å². The lowest BCUT2D eigenvalue weighted by atomic mass is 10.1. The highest BCUT2D eigenvalue weighted by atomic mass is 15.3. The van der Waals surface area contributed by atoms with E-state index in [1.807, 2.05) is 0 Å². The fourth-order valence-corrected chi connectivity index (χ4v) is 2.51. The van der Waals surface area contributed by atoms with Crippen molar-refractivity contribution in [2.75, 3.05) is 26.2 Å². The molecule has 2 rings (SSSR count). The Morgan fingerprint density at radius 2 is 1.74 bits per heavy atom. The van der Waals surface area contributed by atoms with E-state index in [1.54, 1.807) is 0 Å². The third-order valence-corrected chi connectivity index (χ3v) is 3.87. The summed E-state index contributed by atoms with van der Waals surface area (Å²) in [6.45, 7) is 16.7. The molecule has 1 saturated heterocycles. The second-order valence-corrected chi connectivity index (χ2v) is 5.21. The SMILES string of the molecule is C=C(C)N1CCN(C(=C)c2cccc(CC)c2)CC1. The summed E-state index contributed by atoms with van der Waals surface area (Å²) >= 11 is 0. The Hall–Kier alpha value is -1.70. The zero-order chi connectivity index (χ0) is 13.8. The van der Waals surface area contributed by atoms with E-state index in [2.05, 4.69) is 61.1 Å². The lowest BCUT2D eigenvalue weighted by Gasteiger charge is -2.38. The number of allylic oxidation sites excluding steroid dienone is 1. The highest BCUT2D eigenvalue weighted by molar-refractivity contribution is 5.62.